The highest BCUT2D eigenvalue weighted by molar-refractivity contribution is 7.16. The van der Waals surface area contributed by atoms with Crippen LogP contribution in [0.1, 0.15) is 22.0 Å². The van der Waals surface area contributed by atoms with E-state index in [9.17, 15) is 13.2 Å². The third-order valence-electron chi connectivity index (χ3n) is 3.94. The maximum absolute atomic E-state index is 13.2. The van der Waals surface area contributed by atoms with Gasteiger partial charge in [0.1, 0.15) is 0 Å². The number of thiophene rings is 1. The SMILES string of the molecule is FC(F)(F)c1cc(Cl)cc([C@H](c2ccc(Cl)s2)N2CCNCC2)c1. The van der Waals surface area contributed by atoms with E-state index in [0.29, 0.717) is 9.90 Å². The zero-order valence-electron chi connectivity index (χ0n) is 12.5. The number of hydrogen-bond donors (Lipinski definition) is 1. The van der Waals surface area contributed by atoms with Gasteiger partial charge in [-0.1, -0.05) is 23.2 Å². The standard InChI is InChI=1S/C16H15Cl2F3N2S/c17-12-8-10(7-11(9-12)16(19,20)21)15(13-1-2-14(18)24-13)23-5-3-22-4-6-23/h1-2,7-9,15,22H,3-6H2/t15-/m1/s1. The van der Waals surface area contributed by atoms with E-state index < -0.39 is 11.7 Å². The van der Waals surface area contributed by atoms with Gasteiger partial charge in [-0.2, -0.15) is 13.2 Å². The minimum Gasteiger partial charge on any atom is -0.314 e. The van der Waals surface area contributed by atoms with Crippen LogP contribution in [0, 0.1) is 0 Å². The molecule has 0 unspecified atom stereocenters. The third-order valence-corrected chi connectivity index (χ3v) is 5.45. The summed E-state index contributed by atoms with van der Waals surface area (Å²) >= 11 is 13.4. The van der Waals surface area contributed by atoms with Gasteiger partial charge in [0, 0.05) is 36.1 Å². The summed E-state index contributed by atoms with van der Waals surface area (Å²) in [5.74, 6) is 0. The van der Waals surface area contributed by atoms with E-state index in [1.165, 1.54) is 17.4 Å². The number of alkyl halides is 3. The Labute approximate surface area is 152 Å². The van der Waals surface area contributed by atoms with Gasteiger partial charge in [0.05, 0.1) is 15.9 Å². The quantitative estimate of drug-likeness (QED) is 0.781. The molecule has 0 amide bonds. The summed E-state index contributed by atoms with van der Waals surface area (Å²) in [4.78, 5) is 3.07. The van der Waals surface area contributed by atoms with Crippen molar-refractivity contribution in [2.45, 2.75) is 12.2 Å². The molecule has 8 heteroatoms. The first kappa shape index (κ1) is 18.0. The van der Waals surface area contributed by atoms with Gasteiger partial charge in [-0.05, 0) is 35.9 Å². The fourth-order valence-corrected chi connectivity index (χ4v) is 4.37. The average molecular weight is 395 g/mol. The Hall–Kier alpha value is -0.790. The molecule has 0 saturated carbocycles. The first-order valence-electron chi connectivity index (χ1n) is 7.42. The van der Waals surface area contributed by atoms with Gasteiger partial charge in [-0.15, -0.1) is 11.3 Å². The monoisotopic (exact) mass is 394 g/mol. The molecule has 0 bridgehead atoms. The van der Waals surface area contributed by atoms with Gasteiger partial charge in [0.2, 0.25) is 0 Å². The molecule has 0 spiro atoms. The smallest absolute Gasteiger partial charge is 0.314 e. The van der Waals surface area contributed by atoms with Crippen LogP contribution in [0.5, 0.6) is 0 Å². The van der Waals surface area contributed by atoms with Crippen molar-refractivity contribution in [3.63, 3.8) is 0 Å². The second-order valence-corrected chi connectivity index (χ2v) is 7.78. The lowest BCUT2D eigenvalue weighted by molar-refractivity contribution is -0.137. The number of nitrogens with zero attached hydrogens (tertiary/aromatic N) is 1. The van der Waals surface area contributed by atoms with Crippen LogP contribution >= 0.6 is 34.5 Å². The van der Waals surface area contributed by atoms with E-state index in [-0.39, 0.29) is 11.1 Å². The topological polar surface area (TPSA) is 15.3 Å². The summed E-state index contributed by atoms with van der Waals surface area (Å²) in [5.41, 5.74) is -0.192. The van der Waals surface area contributed by atoms with Crippen LogP contribution in [-0.2, 0) is 6.18 Å². The number of piperazine rings is 1. The molecule has 1 aromatic carbocycles. The van der Waals surface area contributed by atoms with Gasteiger partial charge in [-0.25, -0.2) is 0 Å². The summed E-state index contributed by atoms with van der Waals surface area (Å²) in [6.45, 7) is 3.08. The Bertz CT molecular complexity index is 712. The Balaban J connectivity index is 2.06. The molecule has 24 heavy (non-hydrogen) atoms. The van der Waals surface area contributed by atoms with Gasteiger partial charge in [0.25, 0.3) is 0 Å². The molecular weight excluding hydrogens is 380 g/mol. The van der Waals surface area contributed by atoms with Crippen molar-refractivity contribution in [3.8, 4) is 0 Å². The second kappa shape index (κ2) is 7.22. The van der Waals surface area contributed by atoms with Crippen LogP contribution in [-0.4, -0.2) is 31.1 Å². The summed E-state index contributed by atoms with van der Waals surface area (Å²) in [7, 11) is 0. The number of rotatable bonds is 3. The predicted octanol–water partition coefficient (Wildman–Crippen LogP) is 5.07. The van der Waals surface area contributed by atoms with E-state index in [0.717, 1.165) is 37.1 Å². The van der Waals surface area contributed by atoms with E-state index in [2.05, 4.69) is 10.2 Å². The lowest BCUT2D eigenvalue weighted by Gasteiger charge is -2.35. The molecule has 1 atom stereocenters. The van der Waals surface area contributed by atoms with Crippen molar-refractivity contribution in [2.24, 2.45) is 0 Å². The maximum Gasteiger partial charge on any atom is 0.416 e. The van der Waals surface area contributed by atoms with Crippen LogP contribution in [0.4, 0.5) is 13.2 Å². The predicted molar refractivity (Wildman–Crippen MR) is 92.1 cm³/mol. The zero-order valence-corrected chi connectivity index (χ0v) is 14.9. The molecule has 0 radical (unpaired) electrons. The van der Waals surface area contributed by atoms with Crippen LogP contribution in [0.15, 0.2) is 30.3 Å². The third kappa shape index (κ3) is 4.06. The van der Waals surface area contributed by atoms with Gasteiger partial charge >= 0.3 is 6.18 Å². The highest BCUT2D eigenvalue weighted by atomic mass is 35.5. The minimum atomic E-state index is -4.43. The molecule has 1 aliphatic heterocycles. The van der Waals surface area contributed by atoms with E-state index >= 15 is 0 Å². The summed E-state index contributed by atoms with van der Waals surface area (Å²) in [6, 6.07) is 7.11. The zero-order chi connectivity index (χ0) is 17.3. The maximum atomic E-state index is 13.2. The Morgan fingerprint density at radius 2 is 1.79 bits per heavy atom. The molecule has 2 aromatic rings. The lowest BCUT2D eigenvalue weighted by Crippen LogP contribution is -2.45. The molecular formula is C16H15Cl2F3N2S. The van der Waals surface area contributed by atoms with Crippen molar-refractivity contribution in [2.75, 3.05) is 26.2 Å². The average Bonchev–Trinajstić information content (AvgIpc) is 2.93. The fourth-order valence-electron chi connectivity index (χ4n) is 2.90. The van der Waals surface area contributed by atoms with Crippen LogP contribution < -0.4 is 5.32 Å². The molecule has 1 aliphatic rings. The fraction of sp³-hybridized carbons (Fsp3) is 0.375. The molecule has 130 valence electrons. The van der Waals surface area contributed by atoms with Crippen molar-refractivity contribution in [1.29, 1.82) is 0 Å². The normalized spacial score (nSPS) is 17.9. The van der Waals surface area contributed by atoms with Crippen LogP contribution in [0.2, 0.25) is 9.36 Å². The molecule has 2 nitrogen and oxygen atoms in total. The molecule has 2 heterocycles. The molecule has 1 N–H and O–H groups in total. The van der Waals surface area contributed by atoms with Crippen molar-refractivity contribution in [3.05, 3.63) is 55.7 Å². The Morgan fingerprint density at radius 1 is 1.08 bits per heavy atom. The first-order chi connectivity index (χ1) is 11.3. The van der Waals surface area contributed by atoms with Gasteiger partial charge in [-0.3, -0.25) is 4.90 Å². The minimum absolute atomic E-state index is 0.0858. The van der Waals surface area contributed by atoms with Crippen LogP contribution in [0.3, 0.4) is 0 Å². The number of halogens is 5. The van der Waals surface area contributed by atoms with E-state index in [1.54, 1.807) is 12.1 Å². The first-order valence-corrected chi connectivity index (χ1v) is 8.99. The van der Waals surface area contributed by atoms with E-state index in [4.69, 9.17) is 23.2 Å². The highest BCUT2D eigenvalue weighted by Gasteiger charge is 2.33. The van der Waals surface area contributed by atoms with Gasteiger partial charge < -0.3 is 5.32 Å². The Morgan fingerprint density at radius 3 is 2.38 bits per heavy atom. The number of benzene rings is 1. The molecule has 3 rings (SSSR count). The molecule has 1 fully saturated rings. The molecule has 0 aliphatic carbocycles. The number of nitrogens with one attached hydrogen (secondary N) is 1. The second-order valence-electron chi connectivity index (χ2n) is 5.60. The number of hydrogen-bond acceptors (Lipinski definition) is 3. The summed E-state index contributed by atoms with van der Waals surface area (Å²) in [5, 5.41) is 3.34. The highest BCUT2D eigenvalue weighted by Crippen LogP contribution is 2.39. The van der Waals surface area contributed by atoms with Crippen molar-refractivity contribution in [1.82, 2.24) is 10.2 Å². The lowest BCUT2D eigenvalue weighted by atomic mass is 10.00. The van der Waals surface area contributed by atoms with Crippen molar-refractivity contribution < 1.29 is 13.2 Å². The summed E-state index contributed by atoms with van der Waals surface area (Å²) < 4.78 is 40.1. The molecule has 1 aromatic heterocycles. The van der Waals surface area contributed by atoms with Gasteiger partial charge in [0.15, 0.2) is 0 Å². The van der Waals surface area contributed by atoms with E-state index in [1.807, 2.05) is 6.07 Å². The molecule has 1 saturated heterocycles. The Kier molecular flexibility index (Phi) is 5.42. The largest absolute Gasteiger partial charge is 0.416 e. The van der Waals surface area contributed by atoms with Crippen molar-refractivity contribution >= 4 is 34.5 Å². The van der Waals surface area contributed by atoms with Crippen LogP contribution in [0.25, 0.3) is 0 Å². The summed E-state index contributed by atoms with van der Waals surface area (Å²) in [6.07, 6.45) is -4.43.